The van der Waals surface area contributed by atoms with Gasteiger partial charge in [0.15, 0.2) is 0 Å². The Morgan fingerprint density at radius 3 is 2.57 bits per heavy atom. The van der Waals surface area contributed by atoms with Crippen molar-refractivity contribution < 1.29 is 9.52 Å². The van der Waals surface area contributed by atoms with E-state index in [2.05, 4.69) is 15.1 Å². The smallest absolute Gasteiger partial charge is 0.247 e. The minimum atomic E-state index is 0.287. The summed E-state index contributed by atoms with van der Waals surface area (Å²) in [6.45, 7) is 2.88. The van der Waals surface area contributed by atoms with Crippen molar-refractivity contribution in [3.8, 4) is 11.5 Å². The Labute approximate surface area is 128 Å². The van der Waals surface area contributed by atoms with E-state index in [9.17, 15) is 0 Å². The predicted octanol–water partition coefficient (Wildman–Crippen LogP) is 2.59. The van der Waals surface area contributed by atoms with E-state index >= 15 is 0 Å². The minimum Gasteiger partial charge on any atom is -0.419 e. The maximum atomic E-state index is 9.15. The number of aromatic nitrogens is 2. The first-order chi connectivity index (χ1) is 10.2. The fraction of sp³-hybridized carbons (Fsp3) is 0.467. The quantitative estimate of drug-likeness (QED) is 0.940. The molecule has 21 heavy (non-hydrogen) atoms. The maximum Gasteiger partial charge on any atom is 0.247 e. The van der Waals surface area contributed by atoms with Gasteiger partial charge in [-0.3, -0.25) is 4.90 Å². The van der Waals surface area contributed by atoms with Gasteiger partial charge in [0, 0.05) is 17.2 Å². The molecule has 1 aromatic heterocycles. The van der Waals surface area contributed by atoms with E-state index in [1.807, 2.05) is 12.1 Å². The Balaban J connectivity index is 1.62. The van der Waals surface area contributed by atoms with Gasteiger partial charge >= 0.3 is 0 Å². The number of hydrogen-bond acceptors (Lipinski definition) is 5. The summed E-state index contributed by atoms with van der Waals surface area (Å²) in [7, 11) is 0. The molecule has 1 saturated heterocycles. The van der Waals surface area contributed by atoms with Crippen molar-refractivity contribution >= 4 is 11.6 Å². The van der Waals surface area contributed by atoms with Crippen LogP contribution in [0, 0.1) is 5.92 Å². The van der Waals surface area contributed by atoms with Crippen LogP contribution in [-0.2, 0) is 6.54 Å². The molecule has 6 heteroatoms. The molecule has 0 amide bonds. The third-order valence-corrected chi connectivity index (χ3v) is 4.13. The summed E-state index contributed by atoms with van der Waals surface area (Å²) in [4.78, 5) is 2.28. The van der Waals surface area contributed by atoms with Gasteiger partial charge in [-0.1, -0.05) is 11.6 Å². The normalized spacial score (nSPS) is 17.2. The second kappa shape index (κ2) is 6.56. The highest BCUT2D eigenvalue weighted by atomic mass is 35.5. The number of nitrogens with zero attached hydrogens (tertiary/aromatic N) is 3. The first kappa shape index (κ1) is 14.5. The topological polar surface area (TPSA) is 62.4 Å². The first-order valence-corrected chi connectivity index (χ1v) is 7.54. The van der Waals surface area contributed by atoms with Crippen LogP contribution in [0.2, 0.25) is 5.02 Å². The van der Waals surface area contributed by atoms with Crippen LogP contribution in [0.5, 0.6) is 0 Å². The molecule has 5 nitrogen and oxygen atoms in total. The van der Waals surface area contributed by atoms with Gasteiger partial charge in [0.1, 0.15) is 0 Å². The molecule has 1 aromatic carbocycles. The molecular formula is C15H18ClN3O2. The van der Waals surface area contributed by atoms with Gasteiger partial charge in [0.2, 0.25) is 11.8 Å². The van der Waals surface area contributed by atoms with E-state index in [-0.39, 0.29) is 6.61 Å². The number of aliphatic hydroxyl groups is 1. The van der Waals surface area contributed by atoms with Crippen LogP contribution in [-0.4, -0.2) is 39.9 Å². The molecule has 0 atom stereocenters. The zero-order chi connectivity index (χ0) is 14.7. The average molecular weight is 308 g/mol. The molecule has 0 saturated carbocycles. The van der Waals surface area contributed by atoms with Crippen LogP contribution in [0.25, 0.3) is 11.5 Å². The van der Waals surface area contributed by atoms with Crippen LogP contribution < -0.4 is 0 Å². The fourth-order valence-corrected chi connectivity index (χ4v) is 2.67. The van der Waals surface area contributed by atoms with Crippen LogP contribution in [0.15, 0.2) is 28.7 Å². The third kappa shape index (κ3) is 3.61. The molecule has 0 unspecified atom stereocenters. The summed E-state index contributed by atoms with van der Waals surface area (Å²) >= 11 is 5.87. The lowest BCUT2D eigenvalue weighted by atomic mass is 9.98. The highest BCUT2D eigenvalue weighted by Crippen LogP contribution is 2.22. The molecular weight excluding hydrogens is 290 g/mol. The van der Waals surface area contributed by atoms with Gasteiger partial charge in [0.05, 0.1) is 6.54 Å². The van der Waals surface area contributed by atoms with E-state index in [0.717, 1.165) is 31.5 Å². The number of halogens is 1. The molecule has 1 N–H and O–H groups in total. The van der Waals surface area contributed by atoms with E-state index in [1.165, 1.54) is 0 Å². The van der Waals surface area contributed by atoms with Crippen LogP contribution in [0.4, 0.5) is 0 Å². The van der Waals surface area contributed by atoms with Crippen LogP contribution in [0.3, 0.4) is 0 Å². The van der Waals surface area contributed by atoms with E-state index in [4.69, 9.17) is 21.1 Å². The Bertz CT molecular complexity index is 577. The number of benzene rings is 1. The Morgan fingerprint density at radius 1 is 1.19 bits per heavy atom. The third-order valence-electron chi connectivity index (χ3n) is 3.88. The van der Waals surface area contributed by atoms with Gasteiger partial charge in [-0.05, 0) is 56.1 Å². The summed E-state index contributed by atoms with van der Waals surface area (Å²) in [5.74, 6) is 1.59. The van der Waals surface area contributed by atoms with Gasteiger partial charge in [-0.25, -0.2) is 0 Å². The number of likely N-dealkylation sites (tertiary alicyclic amines) is 1. The summed E-state index contributed by atoms with van der Waals surface area (Å²) in [5, 5.41) is 18.0. The second-order valence-corrected chi connectivity index (χ2v) is 5.85. The van der Waals surface area contributed by atoms with Gasteiger partial charge in [0.25, 0.3) is 0 Å². The molecule has 1 fully saturated rings. The zero-order valence-corrected chi connectivity index (χ0v) is 12.5. The van der Waals surface area contributed by atoms with Crippen LogP contribution >= 0.6 is 11.6 Å². The zero-order valence-electron chi connectivity index (χ0n) is 11.7. The minimum absolute atomic E-state index is 0.287. The monoisotopic (exact) mass is 307 g/mol. The van der Waals surface area contributed by atoms with Gasteiger partial charge in [-0.15, -0.1) is 10.2 Å². The van der Waals surface area contributed by atoms with Crippen LogP contribution in [0.1, 0.15) is 18.7 Å². The summed E-state index contributed by atoms with van der Waals surface area (Å²) in [6, 6.07) is 7.35. The van der Waals surface area contributed by atoms with E-state index in [0.29, 0.717) is 29.3 Å². The van der Waals surface area contributed by atoms with Crippen molar-refractivity contribution in [2.45, 2.75) is 19.4 Å². The van der Waals surface area contributed by atoms with Crippen molar-refractivity contribution in [3.63, 3.8) is 0 Å². The number of aliphatic hydroxyl groups excluding tert-OH is 1. The maximum absolute atomic E-state index is 9.15. The molecule has 0 radical (unpaired) electrons. The molecule has 2 heterocycles. The van der Waals surface area contributed by atoms with Gasteiger partial charge in [-0.2, -0.15) is 0 Å². The van der Waals surface area contributed by atoms with Gasteiger partial charge < -0.3 is 9.52 Å². The second-order valence-electron chi connectivity index (χ2n) is 5.41. The number of piperidine rings is 1. The number of hydrogen-bond donors (Lipinski definition) is 1. The molecule has 0 spiro atoms. The van der Waals surface area contributed by atoms with Crippen molar-refractivity contribution in [3.05, 3.63) is 35.2 Å². The average Bonchev–Trinajstić information content (AvgIpc) is 2.97. The van der Waals surface area contributed by atoms with E-state index < -0.39 is 0 Å². The molecule has 0 aliphatic carbocycles. The lowest BCUT2D eigenvalue weighted by Gasteiger charge is -2.29. The molecule has 2 aromatic rings. The SMILES string of the molecule is OCC1CCN(Cc2nnc(-c3ccc(Cl)cc3)o2)CC1. The molecule has 1 aliphatic rings. The standard InChI is InChI=1S/C15H18ClN3O2/c16-13-3-1-12(2-4-13)15-18-17-14(21-15)9-19-7-5-11(10-20)6-8-19/h1-4,11,20H,5-10H2. The molecule has 3 rings (SSSR count). The highest BCUT2D eigenvalue weighted by molar-refractivity contribution is 6.30. The molecule has 112 valence electrons. The number of rotatable bonds is 4. The van der Waals surface area contributed by atoms with Crippen molar-refractivity contribution in [2.75, 3.05) is 19.7 Å². The Morgan fingerprint density at radius 2 is 1.90 bits per heavy atom. The Kier molecular flexibility index (Phi) is 4.53. The first-order valence-electron chi connectivity index (χ1n) is 7.16. The summed E-state index contributed by atoms with van der Waals surface area (Å²) < 4.78 is 5.71. The lowest BCUT2D eigenvalue weighted by molar-refractivity contribution is 0.121. The Hall–Kier alpha value is -1.43. The van der Waals surface area contributed by atoms with E-state index in [1.54, 1.807) is 12.1 Å². The van der Waals surface area contributed by atoms with Crippen molar-refractivity contribution in [1.29, 1.82) is 0 Å². The molecule has 0 bridgehead atoms. The van der Waals surface area contributed by atoms with Crippen molar-refractivity contribution in [2.24, 2.45) is 5.92 Å². The molecule has 1 aliphatic heterocycles. The van der Waals surface area contributed by atoms with Crippen molar-refractivity contribution in [1.82, 2.24) is 15.1 Å². The summed E-state index contributed by atoms with van der Waals surface area (Å²) in [6.07, 6.45) is 2.04. The largest absolute Gasteiger partial charge is 0.419 e. The highest BCUT2D eigenvalue weighted by Gasteiger charge is 2.20. The fourth-order valence-electron chi connectivity index (χ4n) is 2.55. The summed E-state index contributed by atoms with van der Waals surface area (Å²) in [5.41, 5.74) is 0.872. The lowest BCUT2D eigenvalue weighted by Crippen LogP contribution is -2.34. The predicted molar refractivity (Wildman–Crippen MR) is 79.8 cm³/mol.